The molecule has 142 valence electrons. The van der Waals surface area contributed by atoms with Gasteiger partial charge in [0.15, 0.2) is 11.6 Å². The minimum absolute atomic E-state index is 0.229. The van der Waals surface area contributed by atoms with Gasteiger partial charge in [-0.15, -0.1) is 0 Å². The Morgan fingerprint density at radius 3 is 2.44 bits per heavy atom. The number of halogens is 2. The molecule has 0 aromatic heterocycles. The summed E-state index contributed by atoms with van der Waals surface area (Å²) in [6.07, 6.45) is 4.56. The fourth-order valence-electron chi connectivity index (χ4n) is 4.07. The van der Waals surface area contributed by atoms with Crippen LogP contribution in [0.5, 0.6) is 0 Å². The van der Waals surface area contributed by atoms with Gasteiger partial charge in [-0.1, -0.05) is 42.8 Å². The third kappa shape index (κ3) is 4.36. The van der Waals surface area contributed by atoms with E-state index in [-0.39, 0.29) is 5.92 Å². The van der Waals surface area contributed by atoms with Crippen LogP contribution in [0.25, 0.3) is 0 Å². The van der Waals surface area contributed by atoms with Gasteiger partial charge < -0.3 is 4.90 Å². The third-order valence-electron chi connectivity index (χ3n) is 5.84. The van der Waals surface area contributed by atoms with E-state index in [2.05, 4.69) is 30.1 Å². The van der Waals surface area contributed by atoms with E-state index in [1.165, 1.54) is 11.6 Å². The highest BCUT2D eigenvalue weighted by Gasteiger charge is 2.43. The van der Waals surface area contributed by atoms with Crippen LogP contribution in [0.2, 0.25) is 0 Å². The van der Waals surface area contributed by atoms with Crippen molar-refractivity contribution in [2.24, 2.45) is 5.92 Å². The summed E-state index contributed by atoms with van der Waals surface area (Å²) in [4.78, 5) is 2.24. The molecule has 3 rings (SSSR count). The maximum atomic E-state index is 13.8. The van der Waals surface area contributed by atoms with E-state index in [1.54, 1.807) is 6.07 Å². The van der Waals surface area contributed by atoms with Gasteiger partial charge in [0.1, 0.15) is 0 Å². The lowest BCUT2D eigenvalue weighted by Crippen LogP contribution is -2.39. The van der Waals surface area contributed by atoms with Crippen LogP contribution in [0.15, 0.2) is 48.5 Å². The summed E-state index contributed by atoms with van der Waals surface area (Å²) in [6.45, 7) is 1.71. The Bertz CT molecular complexity index is 796. The Hall–Kier alpha value is -2.25. The monoisotopic (exact) mass is 368 g/mol. The van der Waals surface area contributed by atoms with Gasteiger partial charge in [-0.05, 0) is 68.5 Å². The minimum atomic E-state index is -0.868. The van der Waals surface area contributed by atoms with Crippen LogP contribution in [-0.2, 0) is 12.0 Å². The lowest BCUT2D eigenvalue weighted by Gasteiger charge is -2.41. The summed E-state index contributed by atoms with van der Waals surface area (Å²) < 4.78 is 27.2. The highest BCUT2D eigenvalue weighted by molar-refractivity contribution is 5.35. The standard InChI is InChI=1S/C23H26F2N2/c1-27(16-18-7-3-2-4-8-18)14-6-13-23(17-26,19-9-5-10-19)20-11-12-21(24)22(25)15-20/h2-4,7-8,11-12,15,19H,5-6,9-10,13-14,16H2,1H3. The van der Waals surface area contributed by atoms with Crippen LogP contribution < -0.4 is 0 Å². The predicted octanol–water partition coefficient (Wildman–Crippen LogP) is 5.44. The molecule has 1 unspecified atom stereocenters. The predicted molar refractivity (Wildman–Crippen MR) is 103 cm³/mol. The molecule has 1 aliphatic carbocycles. The molecule has 1 aliphatic rings. The van der Waals surface area contributed by atoms with Gasteiger partial charge in [0, 0.05) is 6.54 Å². The molecule has 2 aromatic carbocycles. The Morgan fingerprint density at radius 1 is 1.11 bits per heavy atom. The zero-order valence-corrected chi connectivity index (χ0v) is 15.8. The van der Waals surface area contributed by atoms with Crippen LogP contribution in [0.3, 0.4) is 0 Å². The van der Waals surface area contributed by atoms with Crippen molar-refractivity contribution >= 4 is 0 Å². The molecule has 27 heavy (non-hydrogen) atoms. The summed E-state index contributed by atoms with van der Waals surface area (Å²) in [7, 11) is 2.07. The summed E-state index contributed by atoms with van der Waals surface area (Å²) >= 11 is 0. The van der Waals surface area contributed by atoms with Crippen molar-refractivity contribution in [3.05, 3.63) is 71.3 Å². The van der Waals surface area contributed by atoms with Crippen molar-refractivity contribution in [2.45, 2.75) is 44.1 Å². The molecule has 0 bridgehead atoms. The van der Waals surface area contributed by atoms with Crippen LogP contribution in [0.4, 0.5) is 8.78 Å². The number of nitrogens with zero attached hydrogens (tertiary/aromatic N) is 2. The summed E-state index contributed by atoms with van der Waals surface area (Å²) in [5.41, 5.74) is 1.16. The van der Waals surface area contributed by atoms with Crippen molar-refractivity contribution in [3.63, 3.8) is 0 Å². The van der Waals surface area contributed by atoms with E-state index in [0.29, 0.717) is 12.0 Å². The first-order valence-corrected chi connectivity index (χ1v) is 9.64. The molecule has 0 N–H and O–H groups in total. The van der Waals surface area contributed by atoms with Gasteiger partial charge in [0.25, 0.3) is 0 Å². The molecule has 4 heteroatoms. The molecule has 0 saturated heterocycles. The first kappa shape index (κ1) is 19.5. The molecule has 2 nitrogen and oxygen atoms in total. The SMILES string of the molecule is CN(CCCC(C#N)(c1ccc(F)c(F)c1)C1CCC1)Cc1ccccc1. The smallest absolute Gasteiger partial charge is 0.159 e. The fourth-order valence-corrected chi connectivity index (χ4v) is 4.07. The van der Waals surface area contributed by atoms with Crippen LogP contribution in [0, 0.1) is 28.9 Å². The molecule has 0 amide bonds. The normalized spacial score (nSPS) is 16.6. The van der Waals surface area contributed by atoms with E-state index in [1.807, 2.05) is 18.2 Å². The number of hydrogen-bond acceptors (Lipinski definition) is 2. The second kappa shape index (κ2) is 8.63. The Balaban J connectivity index is 1.69. The highest BCUT2D eigenvalue weighted by atomic mass is 19.2. The number of benzene rings is 2. The van der Waals surface area contributed by atoms with Gasteiger partial charge in [0.2, 0.25) is 0 Å². The maximum absolute atomic E-state index is 13.8. The maximum Gasteiger partial charge on any atom is 0.159 e. The molecular formula is C23H26F2N2. The zero-order valence-electron chi connectivity index (χ0n) is 15.8. The Morgan fingerprint density at radius 2 is 1.85 bits per heavy atom. The summed E-state index contributed by atoms with van der Waals surface area (Å²) in [5, 5.41) is 10.0. The third-order valence-corrected chi connectivity index (χ3v) is 5.84. The van der Waals surface area contributed by atoms with Crippen LogP contribution in [-0.4, -0.2) is 18.5 Å². The second-order valence-corrected chi connectivity index (χ2v) is 7.67. The molecule has 0 spiro atoms. The first-order valence-electron chi connectivity index (χ1n) is 9.64. The van der Waals surface area contributed by atoms with Gasteiger partial charge in [-0.2, -0.15) is 5.26 Å². The van der Waals surface area contributed by atoms with Gasteiger partial charge in [0.05, 0.1) is 11.5 Å². The highest BCUT2D eigenvalue weighted by Crippen LogP contribution is 2.47. The average Bonchev–Trinajstić information content (AvgIpc) is 2.62. The summed E-state index contributed by atoms with van der Waals surface area (Å²) in [5.74, 6) is -1.50. The second-order valence-electron chi connectivity index (χ2n) is 7.67. The van der Waals surface area contributed by atoms with Gasteiger partial charge in [-0.25, -0.2) is 8.78 Å². The molecule has 1 saturated carbocycles. The van der Waals surface area contributed by atoms with E-state index in [0.717, 1.165) is 44.8 Å². The van der Waals surface area contributed by atoms with Gasteiger partial charge >= 0.3 is 0 Å². The van der Waals surface area contributed by atoms with Crippen molar-refractivity contribution in [1.29, 1.82) is 5.26 Å². The van der Waals surface area contributed by atoms with E-state index in [9.17, 15) is 14.0 Å². The number of nitriles is 1. The van der Waals surface area contributed by atoms with E-state index < -0.39 is 17.0 Å². The zero-order chi connectivity index (χ0) is 19.3. The lowest BCUT2D eigenvalue weighted by atomic mass is 9.61. The average molecular weight is 368 g/mol. The van der Waals surface area contributed by atoms with Crippen LogP contribution >= 0.6 is 0 Å². The van der Waals surface area contributed by atoms with Gasteiger partial charge in [-0.3, -0.25) is 0 Å². The summed E-state index contributed by atoms with van der Waals surface area (Å²) in [6, 6.07) is 16.7. The molecule has 0 aliphatic heterocycles. The molecule has 1 fully saturated rings. The van der Waals surface area contributed by atoms with Crippen molar-refractivity contribution in [3.8, 4) is 6.07 Å². The van der Waals surface area contributed by atoms with Crippen molar-refractivity contribution in [2.75, 3.05) is 13.6 Å². The quantitative estimate of drug-likeness (QED) is 0.620. The molecule has 0 radical (unpaired) electrons. The molecular weight excluding hydrogens is 342 g/mol. The topological polar surface area (TPSA) is 27.0 Å². The Labute approximate surface area is 160 Å². The lowest BCUT2D eigenvalue weighted by molar-refractivity contribution is 0.187. The van der Waals surface area contributed by atoms with Crippen LogP contribution in [0.1, 0.15) is 43.2 Å². The fraction of sp³-hybridized carbons (Fsp3) is 0.435. The van der Waals surface area contributed by atoms with E-state index in [4.69, 9.17) is 0 Å². The minimum Gasteiger partial charge on any atom is -0.302 e. The first-order chi connectivity index (χ1) is 13.0. The van der Waals surface area contributed by atoms with Crippen molar-refractivity contribution in [1.82, 2.24) is 4.90 Å². The molecule has 2 aromatic rings. The van der Waals surface area contributed by atoms with Crippen molar-refractivity contribution < 1.29 is 8.78 Å². The molecule has 1 atom stereocenters. The molecule has 0 heterocycles. The number of hydrogen-bond donors (Lipinski definition) is 0. The number of rotatable bonds is 8. The van der Waals surface area contributed by atoms with E-state index >= 15 is 0 Å². The largest absolute Gasteiger partial charge is 0.302 e. The Kier molecular flexibility index (Phi) is 6.23.